The first-order valence-corrected chi connectivity index (χ1v) is 8.95. The Labute approximate surface area is 152 Å². The van der Waals surface area contributed by atoms with Crippen LogP contribution in [-0.2, 0) is 4.79 Å². The van der Waals surface area contributed by atoms with Gasteiger partial charge in [-0.15, -0.1) is 6.58 Å². The summed E-state index contributed by atoms with van der Waals surface area (Å²) in [6, 6.07) is 10.6. The summed E-state index contributed by atoms with van der Waals surface area (Å²) in [5.41, 5.74) is 1.30. The number of carbonyl (C=O) groups is 1. The Morgan fingerprint density at radius 3 is 2.27 bits per heavy atom. The summed E-state index contributed by atoms with van der Waals surface area (Å²) in [5.74, 6) is -0.904. The minimum Gasteiger partial charge on any atom is -0.426 e. The molecular formula is C22H22F2O2. The molecule has 3 rings (SSSR count). The average Bonchev–Trinajstić information content (AvgIpc) is 2.65. The van der Waals surface area contributed by atoms with E-state index in [-0.39, 0.29) is 11.9 Å². The molecule has 2 aromatic rings. The molecule has 0 aromatic heterocycles. The van der Waals surface area contributed by atoms with E-state index in [2.05, 4.69) is 6.58 Å². The second-order valence-electron chi connectivity index (χ2n) is 6.82. The molecule has 0 amide bonds. The first-order chi connectivity index (χ1) is 12.6. The highest BCUT2D eigenvalue weighted by atomic mass is 19.2. The van der Waals surface area contributed by atoms with Gasteiger partial charge in [-0.25, -0.2) is 8.78 Å². The fourth-order valence-corrected chi connectivity index (χ4v) is 3.46. The van der Waals surface area contributed by atoms with Crippen LogP contribution in [0.25, 0.3) is 11.1 Å². The number of hydrogen-bond donors (Lipinski definition) is 0. The van der Waals surface area contributed by atoms with Gasteiger partial charge in [0, 0.05) is 0 Å². The largest absolute Gasteiger partial charge is 0.426 e. The van der Waals surface area contributed by atoms with Crippen LogP contribution in [0.4, 0.5) is 8.78 Å². The Morgan fingerprint density at radius 2 is 1.65 bits per heavy atom. The second-order valence-corrected chi connectivity index (χ2v) is 6.82. The number of carbonyl (C=O) groups excluding carboxylic acids is 1. The molecule has 0 spiro atoms. The molecule has 26 heavy (non-hydrogen) atoms. The number of esters is 1. The molecule has 136 valence electrons. The van der Waals surface area contributed by atoms with Crippen LogP contribution in [-0.4, -0.2) is 5.97 Å². The third-order valence-electron chi connectivity index (χ3n) is 5.01. The quantitative estimate of drug-likeness (QED) is 0.378. The molecule has 1 saturated carbocycles. The number of hydrogen-bond acceptors (Lipinski definition) is 2. The van der Waals surface area contributed by atoms with Gasteiger partial charge in [-0.1, -0.05) is 24.3 Å². The Balaban J connectivity index is 1.59. The van der Waals surface area contributed by atoms with Crippen LogP contribution in [0.15, 0.2) is 55.1 Å². The Morgan fingerprint density at radius 1 is 1.00 bits per heavy atom. The molecule has 1 fully saturated rings. The third kappa shape index (κ3) is 4.37. The van der Waals surface area contributed by atoms with Crippen LogP contribution in [0.2, 0.25) is 0 Å². The maximum absolute atomic E-state index is 13.3. The van der Waals surface area contributed by atoms with Crippen molar-refractivity contribution in [3.05, 3.63) is 66.8 Å². The molecule has 4 heteroatoms. The maximum Gasteiger partial charge on any atom is 0.314 e. The first kappa shape index (κ1) is 18.3. The van der Waals surface area contributed by atoms with E-state index in [0.717, 1.165) is 49.8 Å². The van der Waals surface area contributed by atoms with E-state index in [4.69, 9.17) is 4.74 Å². The van der Waals surface area contributed by atoms with Gasteiger partial charge in [0.2, 0.25) is 0 Å². The fourth-order valence-electron chi connectivity index (χ4n) is 3.46. The second kappa shape index (κ2) is 8.26. The number of allylic oxidation sites excluding steroid dienone is 1. The maximum atomic E-state index is 13.3. The summed E-state index contributed by atoms with van der Waals surface area (Å²) >= 11 is 0. The Hall–Kier alpha value is -2.49. The lowest BCUT2D eigenvalue weighted by molar-refractivity contribution is -0.140. The van der Waals surface area contributed by atoms with Crippen LogP contribution in [0, 0.1) is 23.5 Å². The van der Waals surface area contributed by atoms with Gasteiger partial charge >= 0.3 is 5.97 Å². The molecule has 0 unspecified atom stereocenters. The molecule has 0 heterocycles. The summed E-state index contributed by atoms with van der Waals surface area (Å²) in [7, 11) is 0. The predicted molar refractivity (Wildman–Crippen MR) is 97.7 cm³/mol. The molecule has 0 radical (unpaired) electrons. The smallest absolute Gasteiger partial charge is 0.314 e. The van der Waals surface area contributed by atoms with Gasteiger partial charge in [0.25, 0.3) is 0 Å². The van der Waals surface area contributed by atoms with Crippen molar-refractivity contribution >= 4 is 5.97 Å². The molecule has 2 nitrogen and oxygen atoms in total. The van der Waals surface area contributed by atoms with E-state index in [1.54, 1.807) is 24.3 Å². The van der Waals surface area contributed by atoms with Crippen molar-refractivity contribution in [2.45, 2.75) is 32.1 Å². The van der Waals surface area contributed by atoms with Gasteiger partial charge in [0.15, 0.2) is 11.6 Å². The molecular weight excluding hydrogens is 334 g/mol. The van der Waals surface area contributed by atoms with Crippen molar-refractivity contribution in [2.75, 3.05) is 0 Å². The average molecular weight is 356 g/mol. The fraction of sp³-hybridized carbons (Fsp3) is 0.318. The van der Waals surface area contributed by atoms with Crippen LogP contribution in [0.5, 0.6) is 5.75 Å². The predicted octanol–water partition coefficient (Wildman–Crippen LogP) is 5.92. The molecule has 0 saturated heterocycles. The first-order valence-electron chi connectivity index (χ1n) is 8.95. The van der Waals surface area contributed by atoms with Crippen molar-refractivity contribution in [3.8, 4) is 16.9 Å². The van der Waals surface area contributed by atoms with E-state index in [1.165, 1.54) is 6.07 Å². The normalized spacial score (nSPS) is 19.8. The number of rotatable bonds is 5. The van der Waals surface area contributed by atoms with Crippen LogP contribution in [0.1, 0.15) is 32.1 Å². The molecule has 1 aliphatic carbocycles. The summed E-state index contributed by atoms with van der Waals surface area (Å²) < 4.78 is 31.9. The van der Waals surface area contributed by atoms with Crippen molar-refractivity contribution < 1.29 is 18.3 Å². The zero-order valence-electron chi connectivity index (χ0n) is 14.6. The minimum atomic E-state index is -0.884. The molecule has 2 aromatic carbocycles. The lowest BCUT2D eigenvalue weighted by atomic mass is 9.80. The van der Waals surface area contributed by atoms with Crippen LogP contribution in [0.3, 0.4) is 0 Å². The van der Waals surface area contributed by atoms with Crippen molar-refractivity contribution in [1.82, 2.24) is 0 Å². The highest BCUT2D eigenvalue weighted by molar-refractivity contribution is 5.75. The van der Waals surface area contributed by atoms with Gasteiger partial charge < -0.3 is 4.74 Å². The number of benzene rings is 2. The van der Waals surface area contributed by atoms with Gasteiger partial charge in [-0.3, -0.25) is 4.79 Å². The highest BCUT2D eigenvalue weighted by Gasteiger charge is 2.27. The van der Waals surface area contributed by atoms with Gasteiger partial charge in [-0.2, -0.15) is 0 Å². The topological polar surface area (TPSA) is 26.3 Å². The molecule has 1 aliphatic rings. The van der Waals surface area contributed by atoms with Gasteiger partial charge in [-0.05, 0) is 73.4 Å². The van der Waals surface area contributed by atoms with E-state index < -0.39 is 11.6 Å². The summed E-state index contributed by atoms with van der Waals surface area (Å²) in [6.07, 6.45) is 6.71. The van der Waals surface area contributed by atoms with E-state index >= 15 is 0 Å². The lowest BCUT2D eigenvalue weighted by Crippen LogP contribution is -2.25. The Kier molecular flexibility index (Phi) is 5.82. The molecule has 0 N–H and O–H groups in total. The minimum absolute atomic E-state index is 0.0538. The van der Waals surface area contributed by atoms with E-state index in [9.17, 15) is 13.6 Å². The number of ether oxygens (including phenoxy) is 1. The molecule has 0 aliphatic heterocycles. The monoisotopic (exact) mass is 356 g/mol. The van der Waals surface area contributed by atoms with Crippen LogP contribution >= 0.6 is 0 Å². The zero-order valence-corrected chi connectivity index (χ0v) is 14.6. The van der Waals surface area contributed by atoms with Crippen molar-refractivity contribution in [2.24, 2.45) is 11.8 Å². The standard InChI is InChI=1S/C22H22F2O2/c1-2-3-15-4-6-17(7-5-15)22(25)26-19-11-8-16(9-12-19)18-10-13-20(23)21(24)14-18/h2,8-15,17H,1,3-7H2. The SMILES string of the molecule is C=CCC1CCC(C(=O)Oc2ccc(-c3ccc(F)c(F)c3)cc2)CC1. The van der Waals surface area contributed by atoms with Crippen molar-refractivity contribution in [1.29, 1.82) is 0 Å². The van der Waals surface area contributed by atoms with Crippen molar-refractivity contribution in [3.63, 3.8) is 0 Å². The molecule has 0 bridgehead atoms. The van der Waals surface area contributed by atoms with E-state index in [1.807, 2.05) is 6.08 Å². The van der Waals surface area contributed by atoms with E-state index in [0.29, 0.717) is 17.2 Å². The number of halogens is 2. The summed E-state index contributed by atoms with van der Waals surface area (Å²) in [4.78, 5) is 12.3. The summed E-state index contributed by atoms with van der Waals surface area (Å²) in [6.45, 7) is 3.77. The van der Waals surface area contributed by atoms with Gasteiger partial charge in [0.1, 0.15) is 5.75 Å². The lowest BCUT2D eigenvalue weighted by Gasteiger charge is -2.26. The zero-order chi connectivity index (χ0) is 18.5. The van der Waals surface area contributed by atoms with Crippen LogP contribution < -0.4 is 4.74 Å². The van der Waals surface area contributed by atoms with Gasteiger partial charge in [0.05, 0.1) is 5.92 Å². The molecule has 0 atom stereocenters. The highest BCUT2D eigenvalue weighted by Crippen LogP contribution is 2.32. The third-order valence-corrected chi connectivity index (χ3v) is 5.01. The Bertz CT molecular complexity index is 775. The summed E-state index contributed by atoms with van der Waals surface area (Å²) in [5, 5.41) is 0.